The Morgan fingerprint density at radius 3 is 2.74 bits per heavy atom. The lowest BCUT2D eigenvalue weighted by Crippen LogP contribution is -2.35. The Morgan fingerprint density at radius 1 is 1.30 bits per heavy atom. The van der Waals surface area contributed by atoms with Crippen molar-refractivity contribution in [2.75, 3.05) is 0 Å². The standard InChI is InChI=1S/C17H15ClN4O/c1-11-14(22-10-2-9-19-16(22)20-11)15(23)21-17(7-8-17)12-3-5-13(18)6-4-12/h2-6,9-10H,7-8H2,1H3,(H,21,23). The summed E-state index contributed by atoms with van der Waals surface area (Å²) in [5.41, 5.74) is 2.00. The van der Waals surface area contributed by atoms with Crippen LogP contribution in [-0.2, 0) is 5.54 Å². The number of imidazole rings is 1. The van der Waals surface area contributed by atoms with E-state index in [4.69, 9.17) is 11.6 Å². The minimum Gasteiger partial charge on any atom is -0.341 e. The average molecular weight is 327 g/mol. The SMILES string of the molecule is Cc1nc2ncccn2c1C(=O)NC1(c2ccc(Cl)cc2)CC1. The molecule has 23 heavy (non-hydrogen) atoms. The quantitative estimate of drug-likeness (QED) is 0.804. The lowest BCUT2D eigenvalue weighted by atomic mass is 10.0. The molecular formula is C17H15ClN4O. The number of nitrogens with one attached hydrogen (secondary N) is 1. The van der Waals surface area contributed by atoms with Crippen LogP contribution in [0.5, 0.6) is 0 Å². The molecule has 0 atom stereocenters. The molecule has 1 aromatic carbocycles. The number of hydrogen-bond acceptors (Lipinski definition) is 3. The van der Waals surface area contributed by atoms with Gasteiger partial charge in [-0.1, -0.05) is 23.7 Å². The van der Waals surface area contributed by atoms with Crippen LogP contribution < -0.4 is 5.32 Å². The molecule has 1 fully saturated rings. The zero-order valence-corrected chi connectivity index (χ0v) is 13.3. The van der Waals surface area contributed by atoms with E-state index in [0.717, 1.165) is 18.4 Å². The van der Waals surface area contributed by atoms with Crippen molar-refractivity contribution < 1.29 is 4.79 Å². The largest absolute Gasteiger partial charge is 0.341 e. The number of amides is 1. The lowest BCUT2D eigenvalue weighted by Gasteiger charge is -2.18. The molecule has 116 valence electrons. The highest BCUT2D eigenvalue weighted by molar-refractivity contribution is 6.30. The zero-order chi connectivity index (χ0) is 16.0. The van der Waals surface area contributed by atoms with Crippen LogP contribution in [0.25, 0.3) is 5.78 Å². The van der Waals surface area contributed by atoms with Crippen molar-refractivity contribution in [3.63, 3.8) is 0 Å². The van der Waals surface area contributed by atoms with E-state index < -0.39 is 0 Å². The molecule has 1 aliphatic rings. The summed E-state index contributed by atoms with van der Waals surface area (Å²) in [5.74, 6) is 0.405. The first-order chi connectivity index (χ1) is 11.1. The molecule has 0 spiro atoms. The van der Waals surface area contributed by atoms with E-state index in [1.165, 1.54) is 0 Å². The highest BCUT2D eigenvalue weighted by Gasteiger charge is 2.46. The fraction of sp³-hybridized carbons (Fsp3) is 0.235. The smallest absolute Gasteiger partial charge is 0.270 e. The van der Waals surface area contributed by atoms with Gasteiger partial charge >= 0.3 is 0 Å². The summed E-state index contributed by atoms with van der Waals surface area (Å²) in [6, 6.07) is 9.44. The minimum absolute atomic E-state index is 0.129. The van der Waals surface area contributed by atoms with Gasteiger partial charge in [-0.3, -0.25) is 9.20 Å². The third-order valence-corrected chi connectivity index (χ3v) is 4.54. The maximum Gasteiger partial charge on any atom is 0.270 e. The number of rotatable bonds is 3. The lowest BCUT2D eigenvalue weighted by molar-refractivity contribution is 0.0924. The highest BCUT2D eigenvalue weighted by Crippen LogP contribution is 2.45. The zero-order valence-electron chi connectivity index (χ0n) is 12.6. The molecule has 2 aromatic heterocycles. The third-order valence-electron chi connectivity index (χ3n) is 4.29. The molecule has 0 unspecified atom stereocenters. The van der Waals surface area contributed by atoms with Gasteiger partial charge in [0.2, 0.25) is 5.78 Å². The van der Waals surface area contributed by atoms with Crippen molar-refractivity contribution in [2.45, 2.75) is 25.3 Å². The van der Waals surface area contributed by atoms with Gasteiger partial charge in [-0.15, -0.1) is 0 Å². The predicted octanol–water partition coefficient (Wildman–Crippen LogP) is 3.11. The molecule has 3 aromatic rings. The van der Waals surface area contributed by atoms with Gasteiger partial charge in [0.25, 0.3) is 5.91 Å². The minimum atomic E-state index is -0.291. The number of carbonyl (C=O) groups is 1. The van der Waals surface area contributed by atoms with E-state index in [0.29, 0.717) is 22.2 Å². The molecule has 0 saturated heterocycles. The van der Waals surface area contributed by atoms with Crippen molar-refractivity contribution in [2.24, 2.45) is 0 Å². The molecule has 1 saturated carbocycles. The fourth-order valence-corrected chi connectivity index (χ4v) is 3.05. The second kappa shape index (κ2) is 5.06. The van der Waals surface area contributed by atoms with E-state index in [-0.39, 0.29) is 11.4 Å². The van der Waals surface area contributed by atoms with Gasteiger partial charge in [-0.2, -0.15) is 0 Å². The van der Waals surface area contributed by atoms with E-state index in [9.17, 15) is 4.79 Å². The van der Waals surface area contributed by atoms with Crippen molar-refractivity contribution in [3.05, 3.63) is 64.7 Å². The van der Waals surface area contributed by atoms with E-state index in [1.54, 1.807) is 22.9 Å². The number of halogens is 1. The third kappa shape index (κ3) is 2.37. The maximum atomic E-state index is 12.8. The molecule has 1 amide bonds. The second-order valence-corrected chi connectivity index (χ2v) is 6.32. The monoisotopic (exact) mass is 326 g/mol. The van der Waals surface area contributed by atoms with Crippen LogP contribution in [0.4, 0.5) is 0 Å². The molecule has 6 heteroatoms. The Morgan fingerprint density at radius 2 is 2.04 bits per heavy atom. The van der Waals surface area contributed by atoms with Crippen molar-refractivity contribution in [3.8, 4) is 0 Å². The number of hydrogen-bond donors (Lipinski definition) is 1. The first kappa shape index (κ1) is 14.2. The summed E-state index contributed by atoms with van der Waals surface area (Å²) >= 11 is 5.95. The Hall–Kier alpha value is -2.40. The molecule has 0 radical (unpaired) electrons. The Labute approximate surface area is 138 Å². The molecular weight excluding hydrogens is 312 g/mol. The van der Waals surface area contributed by atoms with Gasteiger partial charge in [0.05, 0.1) is 11.2 Å². The Bertz CT molecular complexity index is 897. The number of aromatic nitrogens is 3. The van der Waals surface area contributed by atoms with Crippen molar-refractivity contribution in [1.29, 1.82) is 0 Å². The van der Waals surface area contributed by atoms with Crippen LogP contribution in [-0.4, -0.2) is 20.3 Å². The van der Waals surface area contributed by atoms with Crippen LogP contribution in [0.15, 0.2) is 42.7 Å². The summed E-state index contributed by atoms with van der Waals surface area (Å²) < 4.78 is 1.72. The van der Waals surface area contributed by atoms with Gasteiger partial charge < -0.3 is 5.32 Å². The summed E-state index contributed by atoms with van der Waals surface area (Å²) in [5, 5.41) is 3.86. The van der Waals surface area contributed by atoms with Gasteiger partial charge in [0.15, 0.2) is 0 Å². The normalized spacial score (nSPS) is 15.6. The topological polar surface area (TPSA) is 59.3 Å². The molecule has 1 N–H and O–H groups in total. The Kier molecular flexibility index (Phi) is 3.13. The molecule has 5 nitrogen and oxygen atoms in total. The summed E-state index contributed by atoms with van der Waals surface area (Å²) in [6.07, 6.45) is 5.32. The molecule has 0 bridgehead atoms. The molecule has 4 rings (SSSR count). The number of nitrogens with zero attached hydrogens (tertiary/aromatic N) is 3. The Balaban J connectivity index is 1.67. The van der Waals surface area contributed by atoms with Gasteiger partial charge in [0.1, 0.15) is 5.69 Å². The molecule has 2 heterocycles. The first-order valence-corrected chi connectivity index (χ1v) is 7.85. The summed E-state index contributed by atoms with van der Waals surface area (Å²) in [6.45, 7) is 1.82. The number of benzene rings is 1. The van der Waals surface area contributed by atoms with E-state index in [2.05, 4.69) is 15.3 Å². The summed E-state index contributed by atoms with van der Waals surface area (Å²) in [4.78, 5) is 21.3. The van der Waals surface area contributed by atoms with Gasteiger partial charge in [-0.25, -0.2) is 9.97 Å². The van der Waals surface area contributed by atoms with E-state index >= 15 is 0 Å². The number of aryl methyl sites for hydroxylation is 1. The summed E-state index contributed by atoms with van der Waals surface area (Å²) in [7, 11) is 0. The van der Waals surface area contributed by atoms with Crippen LogP contribution >= 0.6 is 11.6 Å². The fourth-order valence-electron chi connectivity index (χ4n) is 2.93. The predicted molar refractivity (Wildman–Crippen MR) is 87.6 cm³/mol. The van der Waals surface area contributed by atoms with Crippen molar-refractivity contribution >= 4 is 23.3 Å². The van der Waals surface area contributed by atoms with Crippen LogP contribution in [0.2, 0.25) is 5.02 Å². The number of fused-ring (bicyclic) bond motifs is 1. The van der Waals surface area contributed by atoms with Crippen LogP contribution in [0, 0.1) is 6.92 Å². The highest BCUT2D eigenvalue weighted by atomic mass is 35.5. The van der Waals surface area contributed by atoms with Gasteiger partial charge in [0, 0.05) is 17.4 Å². The molecule has 1 aliphatic carbocycles. The second-order valence-electron chi connectivity index (χ2n) is 5.88. The van der Waals surface area contributed by atoms with Crippen molar-refractivity contribution in [1.82, 2.24) is 19.7 Å². The maximum absolute atomic E-state index is 12.8. The van der Waals surface area contributed by atoms with E-state index in [1.807, 2.05) is 31.2 Å². The van der Waals surface area contributed by atoms with Crippen LogP contribution in [0.1, 0.15) is 34.6 Å². The first-order valence-electron chi connectivity index (χ1n) is 7.47. The van der Waals surface area contributed by atoms with Crippen LogP contribution in [0.3, 0.4) is 0 Å². The molecule has 0 aliphatic heterocycles. The average Bonchev–Trinajstić information content (AvgIpc) is 3.22. The van der Waals surface area contributed by atoms with Gasteiger partial charge in [-0.05, 0) is 43.5 Å². The number of carbonyl (C=O) groups excluding carboxylic acids is 1.